The third kappa shape index (κ3) is 16.8. The van der Waals surface area contributed by atoms with Crippen LogP contribution >= 0.6 is 23.2 Å². The predicted octanol–water partition coefficient (Wildman–Crippen LogP) is 9.50. The number of methoxy groups -OCH3 is 2. The Morgan fingerprint density at radius 1 is 0.685 bits per heavy atom. The van der Waals surface area contributed by atoms with Gasteiger partial charge in [0.2, 0.25) is 6.17 Å². The van der Waals surface area contributed by atoms with Gasteiger partial charge in [-0.25, -0.2) is 9.18 Å². The Labute approximate surface area is 331 Å². The lowest BCUT2D eigenvalue weighted by Crippen LogP contribution is -2.26. The number of esters is 2. The Kier molecular flexibility index (Phi) is 21.8. The van der Waals surface area contributed by atoms with Gasteiger partial charge in [-0.05, 0) is 110 Å². The number of hydrogen-bond acceptors (Lipinski definition) is 9. The van der Waals surface area contributed by atoms with E-state index in [1.165, 1.54) is 32.6 Å². The minimum atomic E-state index is -1.59. The van der Waals surface area contributed by atoms with Crippen molar-refractivity contribution in [2.45, 2.75) is 56.5 Å². The second-order valence-corrected chi connectivity index (χ2v) is 13.2. The molecule has 0 spiro atoms. The van der Waals surface area contributed by atoms with Gasteiger partial charge in [0, 0.05) is 22.4 Å². The van der Waals surface area contributed by atoms with Crippen LogP contribution in [0.1, 0.15) is 61.5 Å². The van der Waals surface area contributed by atoms with E-state index < -0.39 is 41.2 Å². The van der Waals surface area contributed by atoms with Crippen molar-refractivity contribution < 1.29 is 44.8 Å². The van der Waals surface area contributed by atoms with E-state index in [1.807, 2.05) is 48.5 Å². The molecule has 15 heteroatoms. The lowest BCUT2D eigenvalue weighted by molar-refractivity contribution is -0.147. The highest BCUT2D eigenvalue weighted by Crippen LogP contribution is 2.46. The third-order valence-corrected chi connectivity index (χ3v) is 8.97. The summed E-state index contributed by atoms with van der Waals surface area (Å²) in [5.74, 6) is 0.138. The second kappa shape index (κ2) is 25.7. The van der Waals surface area contributed by atoms with Crippen LogP contribution < -0.4 is 5.12 Å². The van der Waals surface area contributed by atoms with E-state index in [-0.39, 0.29) is 11.9 Å². The van der Waals surface area contributed by atoms with Gasteiger partial charge in [0.25, 0.3) is 0 Å². The Bertz CT molecular complexity index is 1710. The number of benzene rings is 4. The van der Waals surface area contributed by atoms with E-state index >= 15 is 0 Å². The molecule has 0 aromatic heterocycles. The third-order valence-electron chi connectivity index (χ3n) is 8.47. The average molecular weight is 825 g/mol. The first kappa shape index (κ1) is 45.9. The van der Waals surface area contributed by atoms with E-state index in [2.05, 4.69) is 16.9 Å². The van der Waals surface area contributed by atoms with Crippen molar-refractivity contribution in [3.63, 3.8) is 0 Å². The number of ether oxygens (including phenoxy) is 2. The van der Waals surface area contributed by atoms with E-state index in [1.54, 1.807) is 48.5 Å². The highest BCUT2D eigenvalue weighted by Gasteiger charge is 2.41. The number of hydrogen-bond donors (Lipinski definition) is 0. The molecule has 290 valence electrons. The van der Waals surface area contributed by atoms with Gasteiger partial charge in [-0.15, -0.1) is 0 Å². The molecule has 0 aliphatic heterocycles. The first-order chi connectivity index (χ1) is 26.0. The van der Waals surface area contributed by atoms with Gasteiger partial charge in [-0.1, -0.05) is 88.3 Å². The number of carbonyl (C=O) groups is 2. The lowest BCUT2D eigenvalue weighted by Gasteiger charge is -2.19. The maximum atomic E-state index is 14.0. The summed E-state index contributed by atoms with van der Waals surface area (Å²) in [7, 11) is 2.65. The van der Waals surface area contributed by atoms with Crippen LogP contribution in [0.4, 0.5) is 20.2 Å². The molecule has 9 nitrogen and oxygen atoms in total. The maximum absolute atomic E-state index is 14.0. The van der Waals surface area contributed by atoms with Crippen LogP contribution in [0.3, 0.4) is 0 Å². The largest absolute Gasteiger partial charge is 0.469 e. The molecule has 3 unspecified atom stereocenters. The molecule has 2 aliphatic carbocycles. The van der Waals surface area contributed by atoms with Crippen LogP contribution in [0.2, 0.25) is 10.0 Å². The first-order valence-electron chi connectivity index (χ1n) is 16.7. The molecule has 0 amide bonds. The molecule has 4 aromatic carbocycles. The SMILES string of the molecule is COC(=O)C(F)C(c1ccc(Cl)cc1)C1CC1.COC(=O)CCC(c1ccc(Cl)cc1)C1CC1.FN(c1ccccc1)c1ccccc1.O=S=O.O=S=O. The zero-order valence-corrected chi connectivity index (χ0v) is 32.7. The topological polar surface area (TPSA) is 124 Å². The summed E-state index contributed by atoms with van der Waals surface area (Å²) in [6.07, 6.45) is 4.26. The van der Waals surface area contributed by atoms with Gasteiger partial charge < -0.3 is 9.47 Å². The van der Waals surface area contributed by atoms with Crippen molar-refractivity contribution >= 4 is 69.7 Å². The molecular formula is C39H41Cl2F2NO8S2. The van der Waals surface area contributed by atoms with E-state index in [9.17, 15) is 18.5 Å². The number of halogens is 4. The molecule has 0 N–H and O–H groups in total. The summed E-state index contributed by atoms with van der Waals surface area (Å²) < 4.78 is 70.1. The Morgan fingerprint density at radius 3 is 1.46 bits per heavy atom. The minimum Gasteiger partial charge on any atom is -0.469 e. The van der Waals surface area contributed by atoms with E-state index in [4.69, 9.17) is 44.8 Å². The maximum Gasteiger partial charge on any atom is 0.341 e. The van der Waals surface area contributed by atoms with Crippen LogP contribution in [0.5, 0.6) is 0 Å². The fraction of sp³-hybridized carbons (Fsp3) is 0.333. The molecule has 0 saturated heterocycles. The molecule has 4 aromatic rings. The molecule has 3 atom stereocenters. The standard InChI is InChI=1S/C14H17ClO2.C13H14ClFO2.C12H10FN.2O2S/c1-17-14(16)9-8-13(10-2-3-10)11-4-6-12(15)7-5-11;1-17-13(16)12(15)11(8-2-3-8)9-4-6-10(14)7-5-9;13-14(11-7-3-1-4-8-11)12-9-5-2-6-10-12;2*1-3-2/h4-7,10,13H,2-3,8-9H2,1H3;4-8,11-12H,2-3H2,1H3;1-10H;;. The predicted molar refractivity (Wildman–Crippen MR) is 206 cm³/mol. The number of nitrogens with zero attached hydrogens (tertiary/aromatic N) is 1. The zero-order valence-electron chi connectivity index (χ0n) is 29.6. The molecular weight excluding hydrogens is 783 g/mol. The Hall–Kier alpha value is -4.30. The highest BCUT2D eigenvalue weighted by molar-refractivity contribution is 7.51. The smallest absolute Gasteiger partial charge is 0.341 e. The van der Waals surface area contributed by atoms with E-state index in [0.717, 1.165) is 35.8 Å². The molecule has 54 heavy (non-hydrogen) atoms. The van der Waals surface area contributed by atoms with Gasteiger partial charge in [0.05, 0.1) is 25.6 Å². The monoisotopic (exact) mass is 823 g/mol. The Morgan fingerprint density at radius 2 is 1.09 bits per heavy atom. The van der Waals surface area contributed by atoms with Crippen LogP contribution in [0.25, 0.3) is 0 Å². The number of carbonyl (C=O) groups excluding carboxylic acids is 2. The number of para-hydroxylation sites is 2. The summed E-state index contributed by atoms with van der Waals surface area (Å²) >= 11 is 10.2. The van der Waals surface area contributed by atoms with Crippen molar-refractivity contribution in [3.05, 3.63) is 130 Å². The normalized spacial score (nSPS) is 14.0. The van der Waals surface area contributed by atoms with Crippen LogP contribution in [0.15, 0.2) is 109 Å². The van der Waals surface area contributed by atoms with Crippen molar-refractivity contribution in [3.8, 4) is 0 Å². The van der Waals surface area contributed by atoms with Crippen molar-refractivity contribution in [2.24, 2.45) is 11.8 Å². The molecule has 0 bridgehead atoms. The van der Waals surface area contributed by atoms with Gasteiger partial charge in [-0.2, -0.15) is 22.0 Å². The molecule has 2 aliphatic rings. The quantitative estimate of drug-likeness (QED) is 0.107. The zero-order chi connectivity index (χ0) is 39.9. The number of anilines is 2. The molecule has 2 fully saturated rings. The summed E-state index contributed by atoms with van der Waals surface area (Å²) in [4.78, 5) is 22.5. The Balaban J connectivity index is 0.000000262. The van der Waals surface area contributed by atoms with Gasteiger partial charge in [0.15, 0.2) is 0 Å². The summed E-state index contributed by atoms with van der Waals surface area (Å²) in [5.41, 5.74) is 3.19. The van der Waals surface area contributed by atoms with Gasteiger partial charge in [-0.3, -0.25) is 4.79 Å². The fourth-order valence-corrected chi connectivity index (χ4v) is 5.86. The minimum absolute atomic E-state index is 0.121. The van der Waals surface area contributed by atoms with Crippen LogP contribution in [-0.2, 0) is 42.2 Å². The number of rotatable bonds is 11. The fourth-order valence-electron chi connectivity index (χ4n) is 5.60. The van der Waals surface area contributed by atoms with Crippen molar-refractivity contribution in [1.82, 2.24) is 0 Å². The highest BCUT2D eigenvalue weighted by atomic mass is 35.5. The van der Waals surface area contributed by atoms with E-state index in [0.29, 0.717) is 33.9 Å². The van der Waals surface area contributed by atoms with Crippen LogP contribution in [-0.4, -0.2) is 49.2 Å². The average Bonchev–Trinajstić information content (AvgIpc) is 4.14. The van der Waals surface area contributed by atoms with Crippen molar-refractivity contribution in [1.29, 1.82) is 0 Å². The second-order valence-electron chi connectivity index (χ2n) is 12.0. The molecule has 0 heterocycles. The summed E-state index contributed by atoms with van der Waals surface area (Å²) in [5, 5.41) is 2.04. The lowest BCUT2D eigenvalue weighted by atomic mass is 9.89. The molecule has 6 rings (SSSR count). The molecule has 2 saturated carbocycles. The summed E-state index contributed by atoms with van der Waals surface area (Å²) in [6, 6.07) is 32.9. The van der Waals surface area contributed by atoms with Gasteiger partial charge in [0.1, 0.15) is 0 Å². The molecule has 0 radical (unpaired) electrons. The summed E-state index contributed by atoms with van der Waals surface area (Å²) in [6.45, 7) is 0. The van der Waals surface area contributed by atoms with Crippen molar-refractivity contribution in [2.75, 3.05) is 19.3 Å². The first-order valence-corrected chi connectivity index (χ1v) is 18.8. The van der Waals surface area contributed by atoms with Gasteiger partial charge >= 0.3 is 35.1 Å². The number of alkyl halides is 1. The van der Waals surface area contributed by atoms with Crippen LogP contribution in [0, 0.1) is 11.8 Å².